The average molecular weight is 351 g/mol. The van der Waals surface area contributed by atoms with Crippen molar-refractivity contribution < 1.29 is 9.90 Å². The van der Waals surface area contributed by atoms with Gasteiger partial charge < -0.3 is 5.11 Å². The van der Waals surface area contributed by atoms with Crippen LogP contribution in [-0.2, 0) is 4.79 Å². The van der Waals surface area contributed by atoms with Crippen LogP contribution < -0.4 is 15.9 Å². The fourth-order valence-corrected chi connectivity index (χ4v) is 7.08. The van der Waals surface area contributed by atoms with E-state index in [1.54, 1.807) is 0 Å². The van der Waals surface area contributed by atoms with E-state index in [1.165, 1.54) is 15.9 Å². The van der Waals surface area contributed by atoms with E-state index in [2.05, 4.69) is 97.9 Å². The fraction of sp³-hybridized carbons (Fsp3) is 0.136. The summed E-state index contributed by atoms with van der Waals surface area (Å²) in [5.41, 5.74) is 0. The van der Waals surface area contributed by atoms with Crippen LogP contribution in [0, 0.1) is 0 Å². The maximum absolute atomic E-state index is 9.00. The van der Waals surface area contributed by atoms with E-state index in [-0.39, 0.29) is 0 Å². The number of benzene rings is 3. The standard InChI is InChI=1S/C20H20P.C2H4O2/c1-2-21(18-12-6-3-7-13-18,19-14-8-4-9-15-19)20-16-10-5-11-17-20;1-2(3)4/h3-17H,2H2,1H3;1H3,(H,3,4). The minimum absolute atomic E-state index is 0.833. The van der Waals surface area contributed by atoms with Crippen molar-refractivity contribution in [3.05, 3.63) is 91.0 Å². The predicted molar refractivity (Wildman–Crippen MR) is 109 cm³/mol. The largest absolute Gasteiger partial charge is 0.481 e. The average Bonchev–Trinajstić information content (AvgIpc) is 2.65. The van der Waals surface area contributed by atoms with E-state index in [0.717, 1.165) is 13.1 Å². The van der Waals surface area contributed by atoms with Crippen molar-refractivity contribution in [2.75, 3.05) is 6.16 Å². The van der Waals surface area contributed by atoms with Gasteiger partial charge in [0.2, 0.25) is 0 Å². The Morgan fingerprint density at radius 2 is 0.960 bits per heavy atom. The van der Waals surface area contributed by atoms with Crippen molar-refractivity contribution >= 4 is 29.1 Å². The molecule has 0 bridgehead atoms. The highest BCUT2D eigenvalue weighted by Gasteiger charge is 2.31. The molecule has 3 rings (SSSR count). The highest BCUT2D eigenvalue weighted by Crippen LogP contribution is 2.54. The monoisotopic (exact) mass is 351 g/mol. The van der Waals surface area contributed by atoms with Crippen molar-refractivity contribution in [1.82, 2.24) is 0 Å². The molecule has 0 aliphatic heterocycles. The summed E-state index contributed by atoms with van der Waals surface area (Å²) in [6.45, 7) is 3.40. The molecule has 0 aliphatic rings. The minimum atomic E-state index is -1.53. The van der Waals surface area contributed by atoms with Gasteiger partial charge in [0.05, 0.1) is 0 Å². The summed E-state index contributed by atoms with van der Waals surface area (Å²) in [5.74, 6) is -0.833. The zero-order chi connectivity index (χ0) is 18.1. The Balaban J connectivity index is 0.000000511. The second kappa shape index (κ2) is 9.15. The minimum Gasteiger partial charge on any atom is -0.481 e. The second-order valence-electron chi connectivity index (χ2n) is 5.65. The van der Waals surface area contributed by atoms with Gasteiger partial charge in [-0.3, -0.25) is 4.79 Å². The summed E-state index contributed by atoms with van der Waals surface area (Å²) < 4.78 is 0. The topological polar surface area (TPSA) is 37.3 Å². The first-order chi connectivity index (χ1) is 12.1. The van der Waals surface area contributed by atoms with Gasteiger partial charge in [0.15, 0.2) is 0 Å². The van der Waals surface area contributed by atoms with Gasteiger partial charge in [0.1, 0.15) is 0 Å². The van der Waals surface area contributed by atoms with Crippen molar-refractivity contribution in [2.45, 2.75) is 13.8 Å². The Morgan fingerprint density at radius 1 is 0.720 bits per heavy atom. The van der Waals surface area contributed by atoms with E-state index in [0.29, 0.717) is 0 Å². The first-order valence-electron chi connectivity index (χ1n) is 8.35. The Labute approximate surface area is 150 Å². The third-order valence-electron chi connectivity index (χ3n) is 4.07. The Morgan fingerprint density at radius 3 is 1.16 bits per heavy atom. The van der Waals surface area contributed by atoms with Gasteiger partial charge in [-0.05, 0) is 29.3 Å². The van der Waals surface area contributed by atoms with Crippen molar-refractivity contribution in [2.24, 2.45) is 0 Å². The molecule has 0 heterocycles. The molecule has 0 spiro atoms. The molecule has 0 aromatic heterocycles. The van der Waals surface area contributed by atoms with E-state index in [9.17, 15) is 0 Å². The lowest BCUT2D eigenvalue weighted by Gasteiger charge is -2.37. The fourth-order valence-electron chi connectivity index (χ4n) is 3.04. The van der Waals surface area contributed by atoms with Crippen molar-refractivity contribution in [3.8, 4) is 0 Å². The molecule has 0 fully saturated rings. The summed E-state index contributed by atoms with van der Waals surface area (Å²) in [6, 6.07) is 33.0. The lowest BCUT2D eigenvalue weighted by Crippen LogP contribution is -2.32. The van der Waals surface area contributed by atoms with Gasteiger partial charge in [-0.2, -0.15) is 0 Å². The first-order valence-corrected chi connectivity index (χ1v) is 10.3. The number of aliphatic carboxylic acids is 1. The van der Waals surface area contributed by atoms with Crippen LogP contribution >= 0.6 is 7.26 Å². The molecule has 0 unspecified atom stereocenters. The molecule has 0 amide bonds. The molecule has 0 atom stereocenters. The van der Waals surface area contributed by atoms with E-state index < -0.39 is 13.2 Å². The molecule has 25 heavy (non-hydrogen) atoms. The summed E-state index contributed by atoms with van der Waals surface area (Å²) in [7, 11) is -1.53. The SMILES string of the molecule is CC(=O)O.CC[P](c1ccccc1)(c1ccccc1)c1ccccc1. The van der Waals surface area contributed by atoms with E-state index in [4.69, 9.17) is 9.90 Å². The van der Waals surface area contributed by atoms with E-state index in [1.807, 2.05) is 0 Å². The number of carbonyl (C=O) groups is 1. The maximum Gasteiger partial charge on any atom is 0.300 e. The highest BCUT2D eigenvalue weighted by molar-refractivity contribution is 7.95. The van der Waals surface area contributed by atoms with Crippen LogP contribution in [0.15, 0.2) is 91.0 Å². The van der Waals surface area contributed by atoms with Crippen LogP contribution in [0.5, 0.6) is 0 Å². The zero-order valence-corrected chi connectivity index (χ0v) is 15.6. The maximum atomic E-state index is 9.00. The van der Waals surface area contributed by atoms with Crippen LogP contribution in [0.3, 0.4) is 0 Å². The van der Waals surface area contributed by atoms with Crippen LogP contribution in [0.4, 0.5) is 0 Å². The van der Waals surface area contributed by atoms with Crippen molar-refractivity contribution in [3.63, 3.8) is 0 Å². The smallest absolute Gasteiger partial charge is 0.300 e. The van der Waals surface area contributed by atoms with Gasteiger partial charge in [-0.1, -0.05) is 97.9 Å². The van der Waals surface area contributed by atoms with Crippen LogP contribution in [0.2, 0.25) is 0 Å². The molecule has 129 valence electrons. The van der Waals surface area contributed by atoms with Gasteiger partial charge in [0.25, 0.3) is 5.97 Å². The molecular formula is C22H24O2P. The normalized spacial score (nSPS) is 10.5. The van der Waals surface area contributed by atoms with Crippen molar-refractivity contribution in [1.29, 1.82) is 0 Å². The second-order valence-corrected chi connectivity index (χ2v) is 9.45. The molecule has 3 heteroatoms. The molecule has 3 aromatic rings. The number of hydrogen-bond donors (Lipinski definition) is 1. The molecule has 3 aromatic carbocycles. The number of carboxylic acids is 1. The van der Waals surface area contributed by atoms with E-state index >= 15 is 0 Å². The number of carboxylic acid groups (broad SMARTS) is 1. The summed E-state index contributed by atoms with van der Waals surface area (Å²) in [6.07, 6.45) is 1.14. The number of rotatable bonds is 4. The molecule has 0 aliphatic carbocycles. The third-order valence-corrected chi connectivity index (χ3v) is 8.55. The first kappa shape index (κ1) is 18.9. The number of hydrogen-bond acceptors (Lipinski definition) is 1. The lowest BCUT2D eigenvalue weighted by atomic mass is 10.4. The molecule has 1 radical (unpaired) electrons. The highest BCUT2D eigenvalue weighted by atomic mass is 31.2. The molecular weight excluding hydrogens is 327 g/mol. The Bertz CT molecular complexity index is 670. The predicted octanol–water partition coefficient (Wildman–Crippen LogP) is 4.09. The van der Waals surface area contributed by atoms with Crippen LogP contribution in [-0.4, -0.2) is 17.2 Å². The lowest BCUT2D eigenvalue weighted by molar-refractivity contribution is -0.134. The zero-order valence-electron chi connectivity index (χ0n) is 14.7. The third kappa shape index (κ3) is 4.55. The Hall–Kier alpha value is -2.44. The Kier molecular flexibility index (Phi) is 6.91. The van der Waals surface area contributed by atoms with Gasteiger partial charge in [-0.25, -0.2) is 0 Å². The summed E-state index contributed by atoms with van der Waals surface area (Å²) in [5, 5.41) is 11.8. The molecule has 0 saturated heterocycles. The molecule has 2 nitrogen and oxygen atoms in total. The van der Waals surface area contributed by atoms with Gasteiger partial charge in [0, 0.05) is 6.92 Å². The quantitative estimate of drug-likeness (QED) is 0.719. The molecule has 0 saturated carbocycles. The summed E-state index contributed by atoms with van der Waals surface area (Å²) in [4.78, 5) is 9.00. The van der Waals surface area contributed by atoms with Gasteiger partial charge in [-0.15, -0.1) is 0 Å². The summed E-state index contributed by atoms with van der Waals surface area (Å²) >= 11 is 0. The van der Waals surface area contributed by atoms with Crippen LogP contribution in [0.1, 0.15) is 13.8 Å². The van der Waals surface area contributed by atoms with Crippen LogP contribution in [0.25, 0.3) is 0 Å². The van der Waals surface area contributed by atoms with Gasteiger partial charge >= 0.3 is 0 Å². The molecule has 1 N–H and O–H groups in total.